The highest BCUT2D eigenvalue weighted by molar-refractivity contribution is 9.10. The van der Waals surface area contributed by atoms with E-state index >= 15 is 0 Å². The second kappa shape index (κ2) is 4.05. The van der Waals surface area contributed by atoms with Crippen LogP contribution in [0.2, 0.25) is 0 Å². The van der Waals surface area contributed by atoms with E-state index in [0.29, 0.717) is 0 Å². The molecule has 0 saturated carbocycles. The minimum atomic E-state index is 0.864. The van der Waals surface area contributed by atoms with Crippen LogP contribution in [0, 0.1) is 0 Å². The van der Waals surface area contributed by atoms with Gasteiger partial charge in [-0.15, -0.1) is 0 Å². The van der Waals surface area contributed by atoms with Crippen LogP contribution in [0.5, 0.6) is 0 Å². The molecule has 0 bridgehead atoms. The first kappa shape index (κ1) is 8.94. The first-order chi connectivity index (χ1) is 6.36. The zero-order chi connectivity index (χ0) is 9.10. The molecule has 0 spiro atoms. The Morgan fingerprint density at radius 2 is 1.92 bits per heavy atom. The molecule has 2 heterocycles. The number of hydrogen-bond donors (Lipinski definition) is 0. The van der Waals surface area contributed by atoms with Gasteiger partial charge in [-0.05, 0) is 35.2 Å². The maximum atomic E-state index is 4.25. The summed E-state index contributed by atoms with van der Waals surface area (Å²) in [5.41, 5.74) is 0. The van der Waals surface area contributed by atoms with Gasteiger partial charge in [-0.2, -0.15) is 0 Å². The first-order valence-corrected chi connectivity index (χ1v) is 5.38. The molecule has 1 fully saturated rings. The molecule has 1 aromatic rings. The number of hydrogen-bond acceptors (Lipinski definition) is 3. The van der Waals surface area contributed by atoms with E-state index in [-0.39, 0.29) is 0 Å². The van der Waals surface area contributed by atoms with E-state index in [0.717, 1.165) is 23.5 Å². The van der Waals surface area contributed by atoms with E-state index in [1.165, 1.54) is 19.3 Å². The summed E-state index contributed by atoms with van der Waals surface area (Å²) in [4.78, 5) is 10.6. The second-order valence-electron chi connectivity index (χ2n) is 3.25. The maximum Gasteiger partial charge on any atom is 0.133 e. The van der Waals surface area contributed by atoms with Gasteiger partial charge in [0, 0.05) is 19.2 Å². The zero-order valence-electron chi connectivity index (χ0n) is 7.41. The normalized spacial score (nSPS) is 17.5. The van der Waals surface area contributed by atoms with E-state index in [9.17, 15) is 0 Å². The average molecular weight is 242 g/mol. The van der Waals surface area contributed by atoms with Crippen molar-refractivity contribution < 1.29 is 0 Å². The summed E-state index contributed by atoms with van der Waals surface area (Å²) in [5.74, 6) is 1.04. The predicted octanol–water partition coefficient (Wildman–Crippen LogP) is 2.23. The summed E-state index contributed by atoms with van der Waals surface area (Å²) in [7, 11) is 0. The molecule has 0 atom stereocenters. The van der Waals surface area contributed by atoms with Crippen molar-refractivity contribution >= 4 is 21.7 Å². The van der Waals surface area contributed by atoms with Crippen molar-refractivity contribution in [3.05, 3.63) is 17.0 Å². The largest absolute Gasteiger partial charge is 0.356 e. The molecule has 4 heteroatoms. The third-order valence-electron chi connectivity index (χ3n) is 2.30. The van der Waals surface area contributed by atoms with Crippen molar-refractivity contribution in [2.45, 2.75) is 19.3 Å². The molecule has 1 aliphatic rings. The van der Waals surface area contributed by atoms with Gasteiger partial charge in [0.05, 0.1) is 0 Å². The van der Waals surface area contributed by atoms with Gasteiger partial charge in [0.15, 0.2) is 0 Å². The molecule has 0 aliphatic carbocycles. The number of halogens is 1. The van der Waals surface area contributed by atoms with Crippen molar-refractivity contribution in [2.24, 2.45) is 0 Å². The van der Waals surface area contributed by atoms with Crippen molar-refractivity contribution in [3.8, 4) is 0 Å². The molecule has 2 rings (SSSR count). The summed E-state index contributed by atoms with van der Waals surface area (Å²) in [5, 5.41) is 0. The monoisotopic (exact) mass is 241 g/mol. The Morgan fingerprint density at radius 1 is 1.15 bits per heavy atom. The van der Waals surface area contributed by atoms with Gasteiger partial charge in [0.1, 0.15) is 16.7 Å². The Hall–Kier alpha value is -0.640. The van der Waals surface area contributed by atoms with Crippen LogP contribution in [0.1, 0.15) is 19.3 Å². The van der Waals surface area contributed by atoms with E-state index in [1.54, 1.807) is 6.33 Å². The standard InChI is InChI=1S/C9H12BrN3/c10-8-6-9(12-7-11-8)13-4-2-1-3-5-13/h6-7H,1-5H2. The van der Waals surface area contributed by atoms with E-state index in [2.05, 4.69) is 30.8 Å². The lowest BCUT2D eigenvalue weighted by Gasteiger charge is -2.27. The highest BCUT2D eigenvalue weighted by atomic mass is 79.9. The molecular formula is C9H12BrN3. The van der Waals surface area contributed by atoms with Gasteiger partial charge in [-0.1, -0.05) is 0 Å². The lowest BCUT2D eigenvalue weighted by Crippen LogP contribution is -2.30. The molecule has 0 N–H and O–H groups in total. The van der Waals surface area contributed by atoms with E-state index in [4.69, 9.17) is 0 Å². The van der Waals surface area contributed by atoms with Gasteiger partial charge >= 0.3 is 0 Å². The number of aromatic nitrogens is 2. The molecule has 0 amide bonds. The van der Waals surface area contributed by atoms with Gasteiger partial charge < -0.3 is 4.90 Å². The fraction of sp³-hybridized carbons (Fsp3) is 0.556. The van der Waals surface area contributed by atoms with Crippen LogP contribution in [0.4, 0.5) is 5.82 Å². The smallest absolute Gasteiger partial charge is 0.133 e. The van der Waals surface area contributed by atoms with E-state index in [1.807, 2.05) is 6.07 Å². The van der Waals surface area contributed by atoms with Gasteiger partial charge in [-0.25, -0.2) is 9.97 Å². The van der Waals surface area contributed by atoms with Crippen molar-refractivity contribution in [1.29, 1.82) is 0 Å². The van der Waals surface area contributed by atoms with Crippen LogP contribution in [0.3, 0.4) is 0 Å². The minimum Gasteiger partial charge on any atom is -0.356 e. The van der Waals surface area contributed by atoms with Crippen LogP contribution >= 0.6 is 15.9 Å². The Balaban J connectivity index is 2.14. The average Bonchev–Trinajstić information content (AvgIpc) is 2.19. The maximum absolute atomic E-state index is 4.25. The highest BCUT2D eigenvalue weighted by Gasteiger charge is 2.11. The van der Waals surface area contributed by atoms with Crippen LogP contribution in [-0.2, 0) is 0 Å². The zero-order valence-corrected chi connectivity index (χ0v) is 9.00. The summed E-state index contributed by atoms with van der Waals surface area (Å²) in [6.07, 6.45) is 5.51. The quantitative estimate of drug-likeness (QED) is 0.707. The minimum absolute atomic E-state index is 0.864. The van der Waals surface area contributed by atoms with Crippen LogP contribution in [0.25, 0.3) is 0 Å². The SMILES string of the molecule is Brc1cc(N2CCCCC2)ncn1. The number of rotatable bonds is 1. The topological polar surface area (TPSA) is 29.0 Å². The van der Waals surface area contributed by atoms with E-state index < -0.39 is 0 Å². The molecule has 1 aliphatic heterocycles. The molecule has 0 aromatic carbocycles. The molecule has 13 heavy (non-hydrogen) atoms. The van der Waals surface area contributed by atoms with Crippen molar-refractivity contribution in [2.75, 3.05) is 18.0 Å². The summed E-state index contributed by atoms with van der Waals surface area (Å²) in [6.45, 7) is 2.26. The van der Waals surface area contributed by atoms with Gasteiger partial charge in [0.25, 0.3) is 0 Å². The lowest BCUT2D eigenvalue weighted by atomic mass is 10.1. The van der Waals surface area contributed by atoms with Gasteiger partial charge in [0.2, 0.25) is 0 Å². The fourth-order valence-corrected chi connectivity index (χ4v) is 1.92. The Bertz CT molecular complexity index is 284. The van der Waals surface area contributed by atoms with Crippen LogP contribution in [-0.4, -0.2) is 23.1 Å². The van der Waals surface area contributed by atoms with Crippen molar-refractivity contribution in [3.63, 3.8) is 0 Å². The Kier molecular flexibility index (Phi) is 2.78. The fourth-order valence-electron chi connectivity index (χ4n) is 1.62. The predicted molar refractivity (Wildman–Crippen MR) is 55.8 cm³/mol. The first-order valence-electron chi connectivity index (χ1n) is 4.59. The third kappa shape index (κ3) is 2.18. The summed E-state index contributed by atoms with van der Waals surface area (Å²) >= 11 is 3.35. The molecule has 70 valence electrons. The van der Waals surface area contributed by atoms with Crippen LogP contribution < -0.4 is 4.90 Å². The number of anilines is 1. The lowest BCUT2D eigenvalue weighted by molar-refractivity contribution is 0.573. The molecular weight excluding hydrogens is 230 g/mol. The van der Waals surface area contributed by atoms with Crippen LogP contribution in [0.15, 0.2) is 17.0 Å². The molecule has 0 unspecified atom stereocenters. The number of piperidine rings is 1. The summed E-state index contributed by atoms with van der Waals surface area (Å²) in [6, 6.07) is 1.98. The Labute approximate surface area is 86.3 Å². The molecule has 0 radical (unpaired) electrons. The Morgan fingerprint density at radius 3 is 2.62 bits per heavy atom. The molecule has 3 nitrogen and oxygen atoms in total. The van der Waals surface area contributed by atoms with Crippen molar-refractivity contribution in [1.82, 2.24) is 9.97 Å². The third-order valence-corrected chi connectivity index (χ3v) is 2.73. The van der Waals surface area contributed by atoms with Gasteiger partial charge in [-0.3, -0.25) is 0 Å². The summed E-state index contributed by atoms with van der Waals surface area (Å²) < 4.78 is 0.864. The number of nitrogens with zero attached hydrogens (tertiary/aromatic N) is 3. The molecule has 1 saturated heterocycles. The highest BCUT2D eigenvalue weighted by Crippen LogP contribution is 2.18. The molecule has 1 aromatic heterocycles. The second-order valence-corrected chi connectivity index (χ2v) is 4.06.